The van der Waals surface area contributed by atoms with E-state index >= 15 is 0 Å². The summed E-state index contributed by atoms with van der Waals surface area (Å²) in [4.78, 5) is 15.7. The summed E-state index contributed by atoms with van der Waals surface area (Å²) in [6.07, 6.45) is 8.40. The second-order valence-electron chi connectivity index (χ2n) is 7.78. The number of pyridine rings is 1. The van der Waals surface area contributed by atoms with Crippen LogP contribution in [0.5, 0.6) is 5.75 Å². The van der Waals surface area contributed by atoms with Gasteiger partial charge in [0.15, 0.2) is 5.11 Å². The lowest BCUT2D eigenvalue weighted by molar-refractivity contribution is 0.259. The summed E-state index contributed by atoms with van der Waals surface area (Å²) in [5.74, 6) is 0.630. The zero-order chi connectivity index (χ0) is 24.0. The minimum Gasteiger partial charge on any atom is -0.491 e. The van der Waals surface area contributed by atoms with Crippen LogP contribution >= 0.6 is 12.2 Å². The van der Waals surface area contributed by atoms with Crippen molar-refractivity contribution in [2.45, 2.75) is 38.5 Å². The summed E-state index contributed by atoms with van der Waals surface area (Å²) >= 11 is 9.80. The maximum absolute atomic E-state index is 11.4. The lowest BCUT2D eigenvalue weighted by Gasteiger charge is -2.11. The van der Waals surface area contributed by atoms with Crippen molar-refractivity contribution in [1.82, 2.24) is 10.3 Å². The maximum Gasteiger partial charge on any atom is 0.356 e. The Hall–Kier alpha value is -3.17. The second kappa shape index (κ2) is 14.2. The number of ether oxygens (including phenoxy) is 1. The van der Waals surface area contributed by atoms with Crippen LogP contribution < -0.4 is 20.7 Å². The number of carbonyl (C=O) groups excluding carboxylic acids is 1. The number of hydrogen-bond acceptors (Lipinski definition) is 5. The van der Waals surface area contributed by atoms with E-state index in [0.717, 1.165) is 55.2 Å². The number of aromatic nitrogens is 1. The Morgan fingerprint density at radius 1 is 0.941 bits per heavy atom. The minimum absolute atomic E-state index is 0.566. The number of fused-ring (bicyclic) bond motifs is 1. The molecule has 0 aliphatic heterocycles. The van der Waals surface area contributed by atoms with Gasteiger partial charge in [0.05, 0.1) is 17.8 Å². The Bertz CT molecular complexity index is 1110. The highest BCUT2D eigenvalue weighted by atomic mass is 32.1. The van der Waals surface area contributed by atoms with Crippen LogP contribution in [0.3, 0.4) is 0 Å². The average molecular weight is 496 g/mol. The second-order valence-corrected chi connectivity index (χ2v) is 8.37. The molecule has 3 rings (SSSR count). The molecule has 3 N–H and O–H groups in total. The number of hydrogen-bond donors (Lipinski definition) is 3. The molecule has 0 unspecified atom stereocenters. The summed E-state index contributed by atoms with van der Waals surface area (Å²) in [5.41, 5.74) is 2.51. The van der Waals surface area contributed by atoms with Crippen molar-refractivity contribution in [3.63, 3.8) is 0 Å². The van der Waals surface area contributed by atoms with Crippen LogP contribution in [0.4, 0.5) is 16.2 Å². The minimum atomic E-state index is -0.566. The van der Waals surface area contributed by atoms with Gasteiger partial charge in [0.2, 0.25) is 0 Å². The molecule has 0 fully saturated rings. The highest BCUT2D eigenvalue weighted by molar-refractivity contribution is 7.80. The smallest absolute Gasteiger partial charge is 0.356 e. The first-order valence-electron chi connectivity index (χ1n) is 11.4. The molecule has 0 spiro atoms. The number of amides is 2. The molecule has 0 saturated heterocycles. The maximum atomic E-state index is 11.4. The van der Waals surface area contributed by atoms with E-state index in [1.165, 1.54) is 6.42 Å². The van der Waals surface area contributed by atoms with Crippen molar-refractivity contribution in [1.29, 1.82) is 0 Å². The Kier molecular flexibility index (Phi) is 10.6. The van der Waals surface area contributed by atoms with E-state index < -0.39 is 6.03 Å². The van der Waals surface area contributed by atoms with Crippen molar-refractivity contribution >= 4 is 58.1 Å². The Morgan fingerprint density at radius 2 is 1.74 bits per heavy atom. The summed E-state index contributed by atoms with van der Waals surface area (Å²) in [6.45, 7) is 1.45. The molecule has 34 heavy (non-hydrogen) atoms. The van der Waals surface area contributed by atoms with Crippen molar-refractivity contribution in [2.24, 2.45) is 4.36 Å². The molecule has 0 saturated carbocycles. The van der Waals surface area contributed by atoms with Crippen LogP contribution in [-0.2, 0) is 12.4 Å². The molecule has 0 bridgehead atoms. The van der Waals surface area contributed by atoms with Gasteiger partial charge in [-0.3, -0.25) is 4.98 Å². The fourth-order valence-corrected chi connectivity index (χ4v) is 3.75. The van der Waals surface area contributed by atoms with E-state index in [4.69, 9.17) is 17.0 Å². The molecule has 9 heteroatoms. The standard InChI is InChI=1S/C25H29N5O2S2/c31-24(30-34)29-22-11-5-6-12-23(22)32-17-8-4-2-1-3-7-15-27-25(33)28-20-13-14-21-19(18-20)10-9-16-26-21/h5-6,9-14,16,18H,1-4,7-8,15,17H2,(H,29,31)(H2,27,28,33). The fraction of sp³-hybridized carbons (Fsp3) is 0.320. The largest absolute Gasteiger partial charge is 0.491 e. The summed E-state index contributed by atoms with van der Waals surface area (Å²) in [5, 5.41) is 10.8. The lowest BCUT2D eigenvalue weighted by atomic mass is 10.1. The zero-order valence-electron chi connectivity index (χ0n) is 19.0. The third kappa shape index (κ3) is 8.64. The van der Waals surface area contributed by atoms with Gasteiger partial charge in [-0.25, -0.2) is 4.79 Å². The third-order valence-corrected chi connectivity index (χ3v) is 5.60. The van der Waals surface area contributed by atoms with Gasteiger partial charge in [-0.15, -0.1) is 4.36 Å². The number of urea groups is 1. The zero-order valence-corrected chi connectivity index (χ0v) is 20.6. The first-order chi connectivity index (χ1) is 16.7. The number of carbonyl (C=O) groups is 1. The predicted molar refractivity (Wildman–Crippen MR) is 144 cm³/mol. The van der Waals surface area contributed by atoms with Crippen LogP contribution in [0.15, 0.2) is 65.2 Å². The first kappa shape index (κ1) is 25.5. The van der Waals surface area contributed by atoms with E-state index in [1.807, 2.05) is 48.5 Å². The normalized spacial score (nSPS) is 10.5. The molecule has 0 aliphatic carbocycles. The molecule has 3 aromatic rings. The quantitative estimate of drug-likeness (QED) is 0.204. The fourth-order valence-electron chi connectivity index (χ4n) is 3.48. The predicted octanol–water partition coefficient (Wildman–Crippen LogP) is 6.20. The highest BCUT2D eigenvalue weighted by Crippen LogP contribution is 2.24. The van der Waals surface area contributed by atoms with Gasteiger partial charge in [-0.1, -0.05) is 43.9 Å². The van der Waals surface area contributed by atoms with E-state index in [1.54, 1.807) is 12.3 Å². The van der Waals surface area contributed by atoms with E-state index in [0.29, 0.717) is 23.2 Å². The molecule has 2 amide bonds. The van der Waals surface area contributed by atoms with Gasteiger partial charge in [0.1, 0.15) is 5.75 Å². The monoisotopic (exact) mass is 495 g/mol. The molecule has 1 aromatic heterocycles. The van der Waals surface area contributed by atoms with Gasteiger partial charge in [-0.2, -0.15) is 0 Å². The van der Waals surface area contributed by atoms with E-state index in [-0.39, 0.29) is 0 Å². The van der Waals surface area contributed by atoms with E-state index in [9.17, 15) is 4.79 Å². The topological polar surface area (TPSA) is 87.6 Å². The van der Waals surface area contributed by atoms with E-state index in [2.05, 4.69) is 37.7 Å². The number of nitrogens with zero attached hydrogens (tertiary/aromatic N) is 2. The number of thiocarbonyl (C=S) groups is 1. The highest BCUT2D eigenvalue weighted by Gasteiger charge is 2.06. The van der Waals surface area contributed by atoms with Gasteiger partial charge in [-0.05, 0) is 61.5 Å². The van der Waals surface area contributed by atoms with Gasteiger partial charge in [0, 0.05) is 36.2 Å². The van der Waals surface area contributed by atoms with Gasteiger partial charge in [0.25, 0.3) is 0 Å². The first-order valence-corrected chi connectivity index (χ1v) is 12.2. The van der Waals surface area contributed by atoms with Crippen LogP contribution in [0.25, 0.3) is 10.9 Å². The molecule has 0 atom stereocenters. The van der Waals surface area contributed by atoms with Crippen LogP contribution in [0, 0.1) is 0 Å². The Labute approximate surface area is 210 Å². The molecule has 0 radical (unpaired) electrons. The Balaban J connectivity index is 1.21. The van der Waals surface area contributed by atoms with Gasteiger partial charge >= 0.3 is 6.03 Å². The van der Waals surface area contributed by atoms with Gasteiger partial charge < -0.3 is 20.7 Å². The SMILES string of the molecule is O=C(N=S)Nc1ccccc1OCCCCCCCCNC(=S)Nc1ccc2ncccc2c1. The Morgan fingerprint density at radius 3 is 2.59 bits per heavy atom. The summed E-state index contributed by atoms with van der Waals surface area (Å²) < 4.78 is 8.98. The number of benzene rings is 2. The molecule has 1 heterocycles. The number of rotatable bonds is 12. The van der Waals surface area contributed by atoms with Crippen molar-refractivity contribution < 1.29 is 9.53 Å². The summed E-state index contributed by atoms with van der Waals surface area (Å²) in [6, 6.07) is 16.7. The molecule has 2 aromatic carbocycles. The van der Waals surface area contributed by atoms with Crippen LogP contribution in [0.1, 0.15) is 38.5 Å². The molecule has 0 aliphatic rings. The van der Waals surface area contributed by atoms with Crippen molar-refractivity contribution in [3.8, 4) is 5.75 Å². The number of nitrogens with one attached hydrogen (secondary N) is 3. The molecular formula is C25H29N5O2S2. The van der Waals surface area contributed by atoms with Crippen LogP contribution in [0.2, 0.25) is 0 Å². The van der Waals surface area contributed by atoms with Crippen molar-refractivity contribution in [2.75, 3.05) is 23.8 Å². The van der Waals surface area contributed by atoms with Crippen LogP contribution in [-0.4, -0.2) is 29.3 Å². The molecule has 7 nitrogen and oxygen atoms in total. The number of anilines is 2. The number of para-hydroxylation sites is 2. The number of unbranched alkanes of at least 4 members (excludes halogenated alkanes) is 5. The summed E-state index contributed by atoms with van der Waals surface area (Å²) in [7, 11) is 0. The third-order valence-electron chi connectivity index (χ3n) is 5.19. The lowest BCUT2D eigenvalue weighted by Crippen LogP contribution is -2.29. The average Bonchev–Trinajstić information content (AvgIpc) is 2.86. The molecular weight excluding hydrogens is 466 g/mol. The molecule has 178 valence electrons. The van der Waals surface area contributed by atoms with Crippen molar-refractivity contribution in [3.05, 3.63) is 60.8 Å².